The predicted octanol–water partition coefficient (Wildman–Crippen LogP) is 3.20. The van der Waals surface area contributed by atoms with Crippen LogP contribution in [0, 0.1) is 0 Å². The van der Waals surface area contributed by atoms with E-state index in [0.29, 0.717) is 5.56 Å². The maximum Gasteiger partial charge on any atom is 0.159 e. The molecule has 2 aromatic rings. The number of nitrogens with zero attached hydrogens (tertiary/aromatic N) is 1. The molecular weight excluding hydrogens is 242 g/mol. The molecule has 0 saturated carbocycles. The molecule has 70 valence electrons. The van der Waals surface area contributed by atoms with Crippen LogP contribution in [0.4, 0.5) is 0 Å². The van der Waals surface area contributed by atoms with Crippen molar-refractivity contribution in [1.29, 1.82) is 0 Å². The van der Waals surface area contributed by atoms with E-state index in [9.17, 15) is 4.79 Å². The fraction of sp³-hybridized carbons (Fsp3) is 0.0909. The number of fused-ring (bicyclic) bond motifs is 1. The largest absolute Gasteiger partial charge is 0.295 e. The van der Waals surface area contributed by atoms with Gasteiger partial charge in [0.15, 0.2) is 5.78 Å². The Morgan fingerprint density at radius 2 is 2.14 bits per heavy atom. The van der Waals surface area contributed by atoms with Crippen molar-refractivity contribution in [2.75, 3.05) is 0 Å². The topological polar surface area (TPSA) is 30.0 Å². The lowest BCUT2D eigenvalue weighted by Gasteiger charge is -2.01. The highest BCUT2D eigenvalue weighted by Crippen LogP contribution is 2.22. The van der Waals surface area contributed by atoms with Crippen LogP contribution < -0.4 is 0 Å². The number of Topliss-reactive ketones (excluding diaryl/α,β-unsaturated/α-hetero) is 1. The monoisotopic (exact) mass is 249 g/mol. The van der Waals surface area contributed by atoms with Gasteiger partial charge in [0, 0.05) is 21.6 Å². The molecule has 0 atom stereocenters. The van der Waals surface area contributed by atoms with Gasteiger partial charge in [-0.1, -0.05) is 15.9 Å². The molecule has 0 saturated heterocycles. The molecule has 0 aliphatic carbocycles. The average molecular weight is 250 g/mol. The Morgan fingerprint density at radius 1 is 1.36 bits per heavy atom. The summed E-state index contributed by atoms with van der Waals surface area (Å²) in [5.74, 6) is 0.0719. The summed E-state index contributed by atoms with van der Waals surface area (Å²) in [6.45, 7) is 1.56. The summed E-state index contributed by atoms with van der Waals surface area (Å²) in [4.78, 5) is 15.4. The Labute approximate surface area is 90.1 Å². The number of aromatic nitrogens is 1. The highest BCUT2D eigenvalue weighted by Gasteiger charge is 2.03. The summed E-state index contributed by atoms with van der Waals surface area (Å²) < 4.78 is 0.964. The van der Waals surface area contributed by atoms with Crippen molar-refractivity contribution in [3.05, 3.63) is 40.5 Å². The summed E-state index contributed by atoms with van der Waals surface area (Å²) >= 11 is 3.43. The van der Waals surface area contributed by atoms with Gasteiger partial charge in [0.05, 0.1) is 5.52 Å². The maximum absolute atomic E-state index is 11.2. The molecule has 0 aliphatic rings. The number of ketones is 1. The van der Waals surface area contributed by atoms with E-state index in [4.69, 9.17) is 0 Å². The van der Waals surface area contributed by atoms with Gasteiger partial charge in [-0.3, -0.25) is 9.78 Å². The predicted molar refractivity (Wildman–Crippen MR) is 59.4 cm³/mol. The van der Waals surface area contributed by atoms with Crippen LogP contribution in [0.15, 0.2) is 34.9 Å². The second-order valence-corrected chi connectivity index (χ2v) is 3.94. The summed E-state index contributed by atoms with van der Waals surface area (Å²) in [5.41, 5.74) is 1.61. The quantitative estimate of drug-likeness (QED) is 0.727. The van der Waals surface area contributed by atoms with Crippen molar-refractivity contribution >= 4 is 32.6 Å². The Morgan fingerprint density at radius 3 is 2.86 bits per heavy atom. The van der Waals surface area contributed by atoms with Gasteiger partial charge in [0.1, 0.15) is 0 Å². The van der Waals surface area contributed by atoms with Crippen LogP contribution >= 0.6 is 15.9 Å². The molecule has 1 aromatic heterocycles. The van der Waals surface area contributed by atoms with Crippen molar-refractivity contribution in [3.8, 4) is 0 Å². The Kier molecular flexibility index (Phi) is 2.33. The lowest BCUT2D eigenvalue weighted by atomic mass is 10.1. The van der Waals surface area contributed by atoms with Crippen molar-refractivity contribution in [3.63, 3.8) is 0 Å². The van der Waals surface area contributed by atoms with Crippen molar-refractivity contribution < 1.29 is 4.79 Å². The number of benzene rings is 1. The molecule has 14 heavy (non-hydrogen) atoms. The summed E-state index contributed by atoms with van der Waals surface area (Å²) in [6.07, 6.45) is 1.74. The van der Waals surface area contributed by atoms with E-state index in [2.05, 4.69) is 20.9 Å². The van der Waals surface area contributed by atoms with Gasteiger partial charge >= 0.3 is 0 Å². The summed E-state index contributed by atoms with van der Waals surface area (Å²) in [6, 6.07) is 7.38. The number of pyridine rings is 1. The van der Waals surface area contributed by atoms with E-state index in [1.165, 1.54) is 0 Å². The van der Waals surface area contributed by atoms with Crippen LogP contribution in [0.5, 0.6) is 0 Å². The van der Waals surface area contributed by atoms with Crippen LogP contribution in [-0.2, 0) is 0 Å². The molecule has 0 amide bonds. The second-order valence-electron chi connectivity index (χ2n) is 3.08. The van der Waals surface area contributed by atoms with Crippen molar-refractivity contribution in [2.45, 2.75) is 6.92 Å². The third-order valence-corrected chi connectivity index (χ3v) is 2.79. The smallest absolute Gasteiger partial charge is 0.159 e. The molecule has 0 bridgehead atoms. The van der Waals surface area contributed by atoms with Gasteiger partial charge in [-0.25, -0.2) is 0 Å². The zero-order valence-corrected chi connectivity index (χ0v) is 9.21. The lowest BCUT2D eigenvalue weighted by molar-refractivity contribution is 0.101. The normalized spacial score (nSPS) is 10.4. The third kappa shape index (κ3) is 1.55. The minimum Gasteiger partial charge on any atom is -0.295 e. The zero-order chi connectivity index (χ0) is 10.1. The molecule has 0 N–H and O–H groups in total. The van der Waals surface area contributed by atoms with Crippen molar-refractivity contribution in [2.24, 2.45) is 0 Å². The fourth-order valence-corrected chi connectivity index (χ4v) is 1.77. The molecule has 0 aliphatic heterocycles. The number of rotatable bonds is 1. The molecule has 0 radical (unpaired) electrons. The first kappa shape index (κ1) is 9.34. The molecule has 2 nitrogen and oxygen atoms in total. The Balaban J connectivity index is 2.76. The van der Waals surface area contributed by atoms with E-state index in [-0.39, 0.29) is 5.78 Å². The van der Waals surface area contributed by atoms with E-state index >= 15 is 0 Å². The number of halogens is 1. The second kappa shape index (κ2) is 3.50. The molecule has 0 spiro atoms. The van der Waals surface area contributed by atoms with Crippen LogP contribution in [0.1, 0.15) is 17.3 Å². The van der Waals surface area contributed by atoms with Gasteiger partial charge in [0.2, 0.25) is 0 Å². The van der Waals surface area contributed by atoms with Crippen LogP contribution in [0.2, 0.25) is 0 Å². The van der Waals surface area contributed by atoms with Gasteiger partial charge in [-0.15, -0.1) is 0 Å². The number of hydrogen-bond acceptors (Lipinski definition) is 2. The highest BCUT2D eigenvalue weighted by molar-refractivity contribution is 9.10. The molecule has 1 aromatic carbocycles. The zero-order valence-electron chi connectivity index (χ0n) is 7.62. The molecule has 0 fully saturated rings. The fourth-order valence-electron chi connectivity index (χ4n) is 1.33. The first-order valence-corrected chi connectivity index (χ1v) is 5.03. The minimum atomic E-state index is 0.0719. The van der Waals surface area contributed by atoms with Crippen LogP contribution in [0.25, 0.3) is 10.9 Å². The van der Waals surface area contributed by atoms with E-state index in [0.717, 1.165) is 15.4 Å². The van der Waals surface area contributed by atoms with E-state index in [1.807, 2.05) is 18.2 Å². The number of carbonyl (C=O) groups is 1. The molecule has 2 rings (SSSR count). The maximum atomic E-state index is 11.2. The first-order valence-electron chi connectivity index (χ1n) is 4.23. The summed E-state index contributed by atoms with van der Waals surface area (Å²) in [7, 11) is 0. The highest BCUT2D eigenvalue weighted by atomic mass is 79.9. The van der Waals surface area contributed by atoms with Gasteiger partial charge in [0.25, 0.3) is 0 Å². The molecule has 0 unspecified atom stereocenters. The Hall–Kier alpha value is -1.22. The molecule has 1 heterocycles. The van der Waals surface area contributed by atoms with E-state index < -0.39 is 0 Å². The average Bonchev–Trinajstić information content (AvgIpc) is 2.18. The van der Waals surface area contributed by atoms with Gasteiger partial charge in [-0.2, -0.15) is 0 Å². The first-order chi connectivity index (χ1) is 6.68. The Bertz CT molecular complexity index is 508. The molecular formula is C11H8BrNO. The molecule has 3 heteroatoms. The standard InChI is InChI=1S/C11H8BrNO/c1-7(14)8-2-3-11-9(6-8)10(12)4-5-13-11/h2-6H,1H3. The van der Waals surface area contributed by atoms with Gasteiger partial charge in [-0.05, 0) is 31.2 Å². The number of hydrogen-bond donors (Lipinski definition) is 0. The SMILES string of the molecule is CC(=O)c1ccc2nccc(Br)c2c1. The summed E-state index contributed by atoms with van der Waals surface area (Å²) in [5, 5.41) is 0.972. The van der Waals surface area contributed by atoms with E-state index in [1.54, 1.807) is 19.2 Å². The minimum absolute atomic E-state index is 0.0719. The van der Waals surface area contributed by atoms with Gasteiger partial charge < -0.3 is 0 Å². The van der Waals surface area contributed by atoms with Crippen LogP contribution in [0.3, 0.4) is 0 Å². The lowest BCUT2D eigenvalue weighted by Crippen LogP contribution is -1.91. The van der Waals surface area contributed by atoms with Crippen LogP contribution in [-0.4, -0.2) is 10.8 Å². The number of carbonyl (C=O) groups excluding carboxylic acids is 1. The third-order valence-electron chi connectivity index (χ3n) is 2.09. The van der Waals surface area contributed by atoms with Crippen molar-refractivity contribution in [1.82, 2.24) is 4.98 Å².